The van der Waals surface area contributed by atoms with Crippen LogP contribution in [0.4, 0.5) is 16.2 Å². The van der Waals surface area contributed by atoms with E-state index in [2.05, 4.69) is 20.2 Å². The summed E-state index contributed by atoms with van der Waals surface area (Å²) in [6.45, 7) is 4.24. The Labute approximate surface area is 180 Å². The van der Waals surface area contributed by atoms with Crippen molar-refractivity contribution >= 4 is 22.8 Å². The summed E-state index contributed by atoms with van der Waals surface area (Å²) in [5.74, 6) is 0.828. The molecule has 7 nitrogen and oxygen atoms in total. The quantitative estimate of drug-likeness (QED) is 0.593. The van der Waals surface area contributed by atoms with Crippen molar-refractivity contribution in [2.24, 2.45) is 0 Å². The lowest BCUT2D eigenvalue weighted by molar-refractivity contribution is 0.208. The lowest BCUT2D eigenvalue weighted by Crippen LogP contribution is -2.39. The first-order valence-corrected chi connectivity index (χ1v) is 10.9. The second-order valence-electron chi connectivity index (χ2n) is 8.61. The fourth-order valence-corrected chi connectivity index (χ4v) is 4.89. The highest BCUT2D eigenvalue weighted by molar-refractivity contribution is 5.91. The van der Waals surface area contributed by atoms with Crippen molar-refractivity contribution in [2.75, 3.05) is 24.1 Å². The molecule has 4 N–H and O–H groups in total. The van der Waals surface area contributed by atoms with Crippen LogP contribution in [0.2, 0.25) is 0 Å². The second-order valence-corrected chi connectivity index (χ2v) is 8.61. The van der Waals surface area contributed by atoms with E-state index in [1.165, 1.54) is 29.3 Å². The Kier molecular flexibility index (Phi) is 5.09. The number of hydrogen-bond acceptors (Lipinski definition) is 7. The molecule has 2 aliphatic rings. The smallest absolute Gasteiger partial charge is 0.226 e. The Morgan fingerprint density at radius 3 is 2.74 bits per heavy atom. The van der Waals surface area contributed by atoms with Crippen molar-refractivity contribution in [3.8, 4) is 5.75 Å². The molecular weight excluding hydrogens is 395 g/mol. The number of nitrogens with two attached hydrogens (primary N) is 1. The number of phenols is 1. The molecule has 0 saturated carbocycles. The number of piperidine rings is 1. The maximum atomic E-state index is 13.5. The van der Waals surface area contributed by atoms with Gasteiger partial charge >= 0.3 is 0 Å². The highest BCUT2D eigenvalue weighted by Gasteiger charge is 2.24. The molecule has 8 heteroatoms. The molecular formula is C23H27FN6O. The third-order valence-electron chi connectivity index (χ3n) is 6.50. The number of likely N-dealkylation sites (tertiary alicyclic amines) is 1. The van der Waals surface area contributed by atoms with Gasteiger partial charge in [-0.1, -0.05) is 0 Å². The number of benzene rings is 1. The highest BCUT2D eigenvalue weighted by Crippen LogP contribution is 2.33. The Morgan fingerprint density at radius 1 is 1.16 bits per heavy atom. The summed E-state index contributed by atoms with van der Waals surface area (Å²) >= 11 is 0. The van der Waals surface area contributed by atoms with Gasteiger partial charge in [-0.15, -0.1) is 0 Å². The molecule has 0 atom stereocenters. The van der Waals surface area contributed by atoms with Crippen LogP contribution in [0, 0.1) is 12.7 Å². The molecule has 5 rings (SSSR count). The summed E-state index contributed by atoms with van der Waals surface area (Å²) < 4.78 is 13.5. The van der Waals surface area contributed by atoms with Crippen LogP contribution in [-0.4, -0.2) is 44.1 Å². The third-order valence-corrected chi connectivity index (χ3v) is 6.50. The highest BCUT2D eigenvalue weighted by atomic mass is 19.1. The van der Waals surface area contributed by atoms with Gasteiger partial charge in [0, 0.05) is 36.9 Å². The minimum atomic E-state index is -0.329. The van der Waals surface area contributed by atoms with Crippen molar-refractivity contribution in [1.29, 1.82) is 0 Å². The fourth-order valence-electron chi connectivity index (χ4n) is 4.89. The van der Waals surface area contributed by atoms with Crippen molar-refractivity contribution in [1.82, 2.24) is 19.9 Å². The van der Waals surface area contributed by atoms with E-state index in [0.29, 0.717) is 29.5 Å². The summed E-state index contributed by atoms with van der Waals surface area (Å²) in [4.78, 5) is 16.1. The third kappa shape index (κ3) is 3.87. The van der Waals surface area contributed by atoms with Crippen LogP contribution in [0.15, 0.2) is 18.2 Å². The Bertz CT molecular complexity index is 1140. The number of anilines is 2. The minimum Gasteiger partial charge on any atom is -0.508 e. The van der Waals surface area contributed by atoms with E-state index in [1.54, 1.807) is 0 Å². The molecule has 1 aliphatic heterocycles. The molecule has 31 heavy (non-hydrogen) atoms. The minimum absolute atomic E-state index is 0.135. The summed E-state index contributed by atoms with van der Waals surface area (Å²) in [5, 5.41) is 14.3. The zero-order valence-electron chi connectivity index (χ0n) is 17.7. The van der Waals surface area contributed by atoms with Crippen LogP contribution in [0.3, 0.4) is 0 Å². The average Bonchev–Trinajstić information content (AvgIpc) is 3.22. The first-order valence-electron chi connectivity index (χ1n) is 10.9. The van der Waals surface area contributed by atoms with Crippen LogP contribution in [0.1, 0.15) is 41.6 Å². The van der Waals surface area contributed by atoms with Crippen molar-refractivity contribution in [3.63, 3.8) is 0 Å². The molecule has 0 spiro atoms. The molecule has 1 saturated heterocycles. The number of aromatic nitrogens is 3. The molecule has 0 unspecified atom stereocenters. The first kappa shape index (κ1) is 19.9. The van der Waals surface area contributed by atoms with E-state index in [4.69, 9.17) is 10.7 Å². The zero-order chi connectivity index (χ0) is 21.5. The van der Waals surface area contributed by atoms with Crippen molar-refractivity contribution in [2.45, 2.75) is 51.6 Å². The molecule has 1 fully saturated rings. The maximum absolute atomic E-state index is 13.5. The number of hydrogen-bond donors (Lipinski definition) is 3. The van der Waals surface area contributed by atoms with Gasteiger partial charge in [-0.05, 0) is 68.4 Å². The van der Waals surface area contributed by atoms with Gasteiger partial charge in [0.2, 0.25) is 5.95 Å². The topological polar surface area (TPSA) is 100 Å². The van der Waals surface area contributed by atoms with Crippen LogP contribution in [-0.2, 0) is 19.4 Å². The second kappa shape index (κ2) is 7.92. The number of fused-ring (bicyclic) bond motifs is 3. The number of aryl methyl sites for hydroxylation is 2. The molecule has 1 aliphatic carbocycles. The van der Waals surface area contributed by atoms with Gasteiger partial charge < -0.3 is 16.2 Å². The molecule has 2 aromatic heterocycles. The summed E-state index contributed by atoms with van der Waals surface area (Å²) in [5.41, 5.74) is 11.2. The molecule has 0 amide bonds. The number of nitrogens with one attached hydrogen (secondary N) is 1. The number of nitrogens with zero attached hydrogens (tertiary/aromatic N) is 4. The van der Waals surface area contributed by atoms with E-state index in [9.17, 15) is 9.50 Å². The monoisotopic (exact) mass is 422 g/mol. The van der Waals surface area contributed by atoms with Crippen LogP contribution >= 0.6 is 0 Å². The predicted octanol–water partition coefficient (Wildman–Crippen LogP) is 3.33. The van der Waals surface area contributed by atoms with E-state index in [0.717, 1.165) is 56.3 Å². The Balaban J connectivity index is 1.27. The number of aromatic hydroxyl groups is 1. The standard InChI is InChI=1S/C23H27FN6O/c1-13-17-3-2-4-18(17)20-21(25)28-23(29-22(20)26-13)27-16-7-9-30(10-8-16)12-14-11-15(24)5-6-19(14)31/h5-6,11,16,31H,2-4,7-10,12H2,1H3,(H3,25,26,27,28,29). The van der Waals surface area contributed by atoms with Crippen molar-refractivity contribution in [3.05, 3.63) is 46.4 Å². The summed E-state index contributed by atoms with van der Waals surface area (Å²) in [6, 6.07) is 4.31. The normalized spacial score (nSPS) is 17.2. The molecule has 0 radical (unpaired) electrons. The number of rotatable bonds is 4. The Morgan fingerprint density at radius 2 is 1.94 bits per heavy atom. The largest absolute Gasteiger partial charge is 0.508 e. The Hall–Kier alpha value is -3.00. The maximum Gasteiger partial charge on any atom is 0.226 e. The molecule has 0 bridgehead atoms. The molecule has 3 heterocycles. The van der Waals surface area contributed by atoms with Gasteiger partial charge in [0.1, 0.15) is 17.4 Å². The van der Waals surface area contributed by atoms with Crippen LogP contribution in [0.25, 0.3) is 11.0 Å². The summed E-state index contributed by atoms with van der Waals surface area (Å²) in [7, 11) is 0. The predicted molar refractivity (Wildman–Crippen MR) is 118 cm³/mol. The van der Waals surface area contributed by atoms with E-state index in [1.807, 2.05) is 6.92 Å². The van der Waals surface area contributed by atoms with E-state index >= 15 is 0 Å². The van der Waals surface area contributed by atoms with Gasteiger partial charge in [-0.2, -0.15) is 9.97 Å². The zero-order valence-corrected chi connectivity index (χ0v) is 17.7. The van der Waals surface area contributed by atoms with Crippen molar-refractivity contribution < 1.29 is 9.50 Å². The average molecular weight is 423 g/mol. The molecule has 162 valence electrons. The lowest BCUT2D eigenvalue weighted by atomic mass is 10.0. The number of halogens is 1. The van der Waals surface area contributed by atoms with E-state index < -0.39 is 0 Å². The first-order chi connectivity index (χ1) is 15.0. The van der Waals surface area contributed by atoms with Gasteiger partial charge in [0.15, 0.2) is 5.65 Å². The van der Waals surface area contributed by atoms with Gasteiger partial charge in [-0.3, -0.25) is 4.90 Å². The van der Waals surface area contributed by atoms with Gasteiger partial charge in [0.25, 0.3) is 0 Å². The van der Waals surface area contributed by atoms with E-state index in [-0.39, 0.29) is 17.6 Å². The number of nitrogen functional groups attached to an aromatic ring is 1. The number of phenolic OH excluding ortho intramolecular Hbond substituents is 1. The fraction of sp³-hybridized carbons (Fsp3) is 0.435. The van der Waals surface area contributed by atoms with Gasteiger partial charge in [0.05, 0.1) is 5.39 Å². The molecule has 1 aromatic carbocycles. The SMILES string of the molecule is Cc1nc2nc(NC3CCN(Cc4cc(F)ccc4O)CC3)nc(N)c2c2c1CCC2. The number of pyridine rings is 1. The summed E-state index contributed by atoms with van der Waals surface area (Å²) in [6.07, 6.45) is 4.98. The van der Waals surface area contributed by atoms with Gasteiger partial charge in [-0.25, -0.2) is 9.37 Å². The van der Waals surface area contributed by atoms with Crippen LogP contribution in [0.5, 0.6) is 5.75 Å². The lowest BCUT2D eigenvalue weighted by Gasteiger charge is -2.32. The van der Waals surface area contributed by atoms with Crippen LogP contribution < -0.4 is 11.1 Å². The molecule has 3 aromatic rings.